The molecule has 0 aliphatic heterocycles. The Labute approximate surface area is 78.5 Å². The molecule has 2 N–H and O–H groups in total. The first-order chi connectivity index (χ1) is 5.97. The Balaban J connectivity index is 2.45. The van der Waals surface area contributed by atoms with Gasteiger partial charge in [0.25, 0.3) is 0 Å². The van der Waals surface area contributed by atoms with Crippen LogP contribution in [0.4, 0.5) is 0 Å². The summed E-state index contributed by atoms with van der Waals surface area (Å²) in [5.74, 6) is 0. The van der Waals surface area contributed by atoms with E-state index in [1.807, 2.05) is 0 Å². The van der Waals surface area contributed by atoms with E-state index < -0.39 is 13.4 Å². The van der Waals surface area contributed by atoms with Gasteiger partial charge in [-0.1, -0.05) is 19.8 Å². The van der Waals surface area contributed by atoms with Crippen LogP contribution in [0.3, 0.4) is 0 Å². The molecule has 0 heterocycles. The largest absolute Gasteiger partial charge is 0.470 e. The molecule has 1 saturated carbocycles. The molecule has 0 saturated heterocycles. The monoisotopic (exact) mass is 208 g/mol. The van der Waals surface area contributed by atoms with Crippen molar-refractivity contribution in [2.45, 2.75) is 51.0 Å². The standard InChI is InChI=1S/C8H17O4P/c1-2-3-5-8(6-4-7-8)12-13(9,10)11/h2-7H2,1H3,(H2,9,10,11). The molecule has 1 fully saturated rings. The van der Waals surface area contributed by atoms with Gasteiger partial charge in [0.05, 0.1) is 5.60 Å². The summed E-state index contributed by atoms with van der Waals surface area (Å²) in [4.78, 5) is 17.4. The minimum Gasteiger partial charge on any atom is -0.303 e. The van der Waals surface area contributed by atoms with Crippen molar-refractivity contribution in [2.24, 2.45) is 0 Å². The lowest BCUT2D eigenvalue weighted by molar-refractivity contribution is -0.0378. The highest BCUT2D eigenvalue weighted by atomic mass is 31.2. The van der Waals surface area contributed by atoms with Crippen LogP contribution in [-0.4, -0.2) is 15.4 Å². The van der Waals surface area contributed by atoms with Crippen LogP contribution in [0.25, 0.3) is 0 Å². The average Bonchev–Trinajstić information content (AvgIpc) is 1.92. The summed E-state index contributed by atoms with van der Waals surface area (Å²) in [6.07, 6.45) is 5.38. The predicted octanol–water partition coefficient (Wildman–Crippen LogP) is 2.21. The van der Waals surface area contributed by atoms with E-state index >= 15 is 0 Å². The molecule has 1 aliphatic carbocycles. The minimum absolute atomic E-state index is 0.505. The van der Waals surface area contributed by atoms with Crippen LogP contribution >= 0.6 is 7.82 Å². The van der Waals surface area contributed by atoms with E-state index in [9.17, 15) is 4.57 Å². The Bertz CT molecular complexity index is 206. The fraction of sp³-hybridized carbons (Fsp3) is 1.00. The van der Waals surface area contributed by atoms with Gasteiger partial charge in [-0.15, -0.1) is 0 Å². The van der Waals surface area contributed by atoms with Gasteiger partial charge in [0.2, 0.25) is 0 Å². The molecule has 0 radical (unpaired) electrons. The zero-order valence-electron chi connectivity index (χ0n) is 7.90. The molecule has 1 aliphatic rings. The van der Waals surface area contributed by atoms with Crippen molar-refractivity contribution in [3.05, 3.63) is 0 Å². The second-order valence-corrected chi connectivity index (χ2v) is 4.89. The van der Waals surface area contributed by atoms with Gasteiger partial charge >= 0.3 is 7.82 Å². The number of phosphoric ester groups is 1. The first-order valence-electron chi connectivity index (χ1n) is 4.74. The van der Waals surface area contributed by atoms with Crippen LogP contribution in [-0.2, 0) is 9.09 Å². The van der Waals surface area contributed by atoms with Crippen LogP contribution in [0, 0.1) is 0 Å². The van der Waals surface area contributed by atoms with E-state index in [1.165, 1.54) is 0 Å². The van der Waals surface area contributed by atoms with Crippen LogP contribution in [0.15, 0.2) is 0 Å². The Morgan fingerprint density at radius 3 is 2.38 bits per heavy atom. The third-order valence-corrected chi connectivity index (χ3v) is 3.19. The van der Waals surface area contributed by atoms with Crippen molar-refractivity contribution in [1.29, 1.82) is 0 Å². The lowest BCUT2D eigenvalue weighted by Crippen LogP contribution is -2.39. The van der Waals surface area contributed by atoms with Crippen molar-refractivity contribution in [2.75, 3.05) is 0 Å². The highest BCUT2D eigenvalue weighted by Gasteiger charge is 2.42. The second kappa shape index (κ2) is 4.09. The summed E-state index contributed by atoms with van der Waals surface area (Å²) in [7, 11) is -4.29. The first kappa shape index (κ1) is 11.2. The molecule has 4 nitrogen and oxygen atoms in total. The minimum atomic E-state index is -4.29. The summed E-state index contributed by atoms with van der Waals surface area (Å²) in [5, 5.41) is 0. The number of rotatable bonds is 5. The molecule has 0 amide bonds. The van der Waals surface area contributed by atoms with Crippen LogP contribution < -0.4 is 0 Å². The van der Waals surface area contributed by atoms with E-state index in [0.717, 1.165) is 38.5 Å². The van der Waals surface area contributed by atoms with Gasteiger partial charge in [-0.3, -0.25) is 4.52 Å². The first-order valence-corrected chi connectivity index (χ1v) is 6.27. The normalized spacial score (nSPS) is 21.2. The van der Waals surface area contributed by atoms with Gasteiger partial charge in [0, 0.05) is 0 Å². The Kier molecular flexibility index (Phi) is 3.52. The van der Waals surface area contributed by atoms with Crippen LogP contribution in [0.1, 0.15) is 45.4 Å². The SMILES string of the molecule is CCCCC1(OP(=O)(O)O)CCC1. The molecule has 0 unspecified atom stereocenters. The smallest absolute Gasteiger partial charge is 0.303 e. The summed E-state index contributed by atoms with van der Waals surface area (Å²) in [6, 6.07) is 0. The van der Waals surface area contributed by atoms with Crippen LogP contribution in [0.2, 0.25) is 0 Å². The summed E-state index contributed by atoms with van der Waals surface area (Å²) < 4.78 is 15.5. The Morgan fingerprint density at radius 1 is 1.46 bits per heavy atom. The molecule has 78 valence electrons. The highest BCUT2D eigenvalue weighted by Crippen LogP contribution is 2.51. The van der Waals surface area contributed by atoms with Gasteiger partial charge in [0.1, 0.15) is 0 Å². The maximum absolute atomic E-state index is 10.7. The van der Waals surface area contributed by atoms with Gasteiger partial charge in [-0.25, -0.2) is 4.57 Å². The zero-order chi connectivity index (χ0) is 9.95. The summed E-state index contributed by atoms with van der Waals surface area (Å²) >= 11 is 0. The van der Waals surface area contributed by atoms with Crippen molar-refractivity contribution in [3.8, 4) is 0 Å². The number of hydrogen-bond donors (Lipinski definition) is 2. The lowest BCUT2D eigenvalue weighted by atomic mass is 9.77. The fourth-order valence-electron chi connectivity index (χ4n) is 1.71. The van der Waals surface area contributed by atoms with E-state index in [4.69, 9.17) is 14.3 Å². The third-order valence-electron chi connectivity index (χ3n) is 2.56. The molecule has 13 heavy (non-hydrogen) atoms. The summed E-state index contributed by atoms with van der Waals surface area (Å²) in [5.41, 5.74) is -0.505. The topological polar surface area (TPSA) is 66.8 Å². The molecular weight excluding hydrogens is 191 g/mol. The van der Waals surface area contributed by atoms with E-state index in [0.29, 0.717) is 0 Å². The highest BCUT2D eigenvalue weighted by molar-refractivity contribution is 7.46. The third kappa shape index (κ3) is 3.39. The molecule has 0 atom stereocenters. The molecule has 0 spiro atoms. The maximum Gasteiger partial charge on any atom is 0.470 e. The quantitative estimate of drug-likeness (QED) is 0.680. The number of phosphoric acid groups is 1. The molecule has 0 aromatic heterocycles. The average molecular weight is 208 g/mol. The van der Waals surface area contributed by atoms with Crippen molar-refractivity contribution < 1.29 is 18.9 Å². The number of hydrogen-bond acceptors (Lipinski definition) is 2. The molecule has 0 bridgehead atoms. The summed E-state index contributed by atoms with van der Waals surface area (Å²) in [6.45, 7) is 2.06. The van der Waals surface area contributed by atoms with Crippen molar-refractivity contribution in [3.63, 3.8) is 0 Å². The van der Waals surface area contributed by atoms with E-state index in [-0.39, 0.29) is 0 Å². The van der Waals surface area contributed by atoms with E-state index in [1.54, 1.807) is 0 Å². The van der Waals surface area contributed by atoms with Gasteiger partial charge in [0.15, 0.2) is 0 Å². The fourth-order valence-corrected chi connectivity index (χ4v) is 2.49. The van der Waals surface area contributed by atoms with Gasteiger partial charge in [-0.05, 0) is 25.7 Å². The molecule has 5 heteroatoms. The Hall–Kier alpha value is 0.110. The van der Waals surface area contributed by atoms with Crippen molar-refractivity contribution >= 4 is 7.82 Å². The van der Waals surface area contributed by atoms with Gasteiger partial charge in [-0.2, -0.15) is 0 Å². The molecular formula is C8H17O4P. The van der Waals surface area contributed by atoms with Crippen LogP contribution in [0.5, 0.6) is 0 Å². The Morgan fingerprint density at radius 2 is 2.08 bits per heavy atom. The molecule has 1 rings (SSSR count). The maximum atomic E-state index is 10.7. The van der Waals surface area contributed by atoms with Crippen molar-refractivity contribution in [1.82, 2.24) is 0 Å². The van der Waals surface area contributed by atoms with Gasteiger partial charge < -0.3 is 9.79 Å². The molecule has 0 aromatic carbocycles. The predicted molar refractivity (Wildman–Crippen MR) is 49.2 cm³/mol. The lowest BCUT2D eigenvalue weighted by Gasteiger charge is -2.41. The number of unbranched alkanes of at least 4 members (excludes halogenated alkanes) is 1. The van der Waals surface area contributed by atoms with E-state index in [2.05, 4.69) is 6.92 Å². The zero-order valence-corrected chi connectivity index (χ0v) is 8.80. The second-order valence-electron chi connectivity index (χ2n) is 3.72. The molecule has 0 aromatic rings.